The number of carboxylic acid groups (broad SMARTS) is 3. The minimum absolute atomic E-state index is 0.489. The molecule has 0 spiro atoms. The minimum Gasteiger partial charge on any atom is -0.481 e. The van der Waals surface area contributed by atoms with E-state index < -0.39 is 35.7 Å². The highest BCUT2D eigenvalue weighted by molar-refractivity contribution is 5.70. The van der Waals surface area contributed by atoms with Crippen LogP contribution in [0.2, 0.25) is 0 Å². The quantitative estimate of drug-likeness (QED) is 0.0498. The van der Waals surface area contributed by atoms with Crippen LogP contribution in [0.5, 0.6) is 0 Å². The molecule has 0 fully saturated rings. The molecule has 0 bridgehead atoms. The maximum atomic E-state index is 11.5. The van der Waals surface area contributed by atoms with Crippen molar-refractivity contribution in [2.24, 2.45) is 17.8 Å². The van der Waals surface area contributed by atoms with Crippen LogP contribution >= 0.6 is 0 Å². The molecule has 7 nitrogen and oxygen atoms in total. The Morgan fingerprint density at radius 2 is 0.850 bits per heavy atom. The van der Waals surface area contributed by atoms with E-state index in [0.29, 0.717) is 43.4 Å². The Balaban J connectivity index is 4.71. The lowest BCUT2D eigenvalue weighted by Gasteiger charge is -2.40. The van der Waals surface area contributed by atoms with Crippen molar-refractivity contribution in [1.29, 1.82) is 0 Å². The molecule has 0 aliphatic heterocycles. The van der Waals surface area contributed by atoms with E-state index in [4.69, 9.17) is 0 Å². The van der Waals surface area contributed by atoms with Crippen molar-refractivity contribution < 1.29 is 34.2 Å². The molecule has 0 aromatic heterocycles. The molecule has 0 saturated heterocycles. The van der Waals surface area contributed by atoms with E-state index in [1.165, 1.54) is 70.6 Å². The lowest BCUT2D eigenvalue weighted by molar-refractivity contribution is -0.929. The predicted octanol–water partition coefficient (Wildman–Crippen LogP) is 8.17. The van der Waals surface area contributed by atoms with Gasteiger partial charge in [0, 0.05) is 25.7 Å². The lowest BCUT2D eigenvalue weighted by Crippen LogP contribution is -2.52. The summed E-state index contributed by atoms with van der Waals surface area (Å²) in [6, 6.07) is 0. The zero-order valence-corrected chi connectivity index (χ0v) is 26.2. The Hall–Kier alpha value is -1.89. The van der Waals surface area contributed by atoms with Gasteiger partial charge in [0.2, 0.25) is 0 Å². The summed E-state index contributed by atoms with van der Waals surface area (Å²) >= 11 is 0. The molecule has 0 aliphatic carbocycles. The van der Waals surface area contributed by atoms with Crippen molar-refractivity contribution in [2.75, 3.05) is 26.2 Å². The van der Waals surface area contributed by atoms with Crippen LogP contribution in [0, 0.1) is 17.8 Å². The molecule has 7 heteroatoms. The summed E-state index contributed by atoms with van der Waals surface area (Å²) in [5, 5.41) is 28.2. The minimum atomic E-state index is -0.832. The van der Waals surface area contributed by atoms with E-state index in [9.17, 15) is 29.7 Å². The largest absolute Gasteiger partial charge is 0.481 e. The Morgan fingerprint density at radius 3 is 1.20 bits per heavy atom. The van der Waals surface area contributed by atoms with E-state index >= 15 is 0 Å². The van der Waals surface area contributed by atoms with Crippen LogP contribution in [0.4, 0.5) is 0 Å². The number of carboxylic acids is 3. The van der Waals surface area contributed by atoms with Crippen molar-refractivity contribution in [2.45, 2.75) is 137 Å². The third-order valence-electron chi connectivity index (χ3n) is 8.52. The molecule has 234 valence electrons. The second-order valence-corrected chi connectivity index (χ2v) is 12.3. The van der Waals surface area contributed by atoms with Gasteiger partial charge in [0.25, 0.3) is 0 Å². The van der Waals surface area contributed by atoms with Gasteiger partial charge in [-0.05, 0) is 19.3 Å². The predicted molar refractivity (Wildman–Crippen MR) is 163 cm³/mol. The molecule has 0 saturated carbocycles. The van der Waals surface area contributed by atoms with Crippen LogP contribution < -0.4 is 0 Å². The summed E-state index contributed by atoms with van der Waals surface area (Å²) in [5.41, 5.74) is 0. The number of unbranched alkanes of at least 4 members (excludes halogenated alkanes) is 12. The fourth-order valence-electron chi connectivity index (χ4n) is 5.15. The number of quaternary nitrogens is 1. The van der Waals surface area contributed by atoms with Crippen molar-refractivity contribution in [3.8, 4) is 0 Å². The molecule has 0 radical (unpaired) electrons. The van der Waals surface area contributed by atoms with E-state index in [1.54, 1.807) is 20.8 Å². The Kier molecular flexibility index (Phi) is 22.7. The topological polar surface area (TPSA) is 112 Å². The highest BCUT2D eigenvalue weighted by atomic mass is 16.4. The maximum Gasteiger partial charge on any atom is 0.306 e. The first-order valence-corrected chi connectivity index (χ1v) is 16.2. The normalized spacial score (nSPS) is 15.5. The summed E-state index contributed by atoms with van der Waals surface area (Å²) in [6.45, 7) is 10.0. The van der Waals surface area contributed by atoms with E-state index in [2.05, 4.69) is 19.1 Å². The number of carbonyl (C=O) groups is 3. The lowest BCUT2D eigenvalue weighted by atomic mass is 10.0. The van der Waals surface area contributed by atoms with Crippen molar-refractivity contribution in [1.82, 2.24) is 0 Å². The average molecular weight is 569 g/mol. The van der Waals surface area contributed by atoms with Crippen LogP contribution in [-0.2, 0) is 14.4 Å². The fourth-order valence-corrected chi connectivity index (χ4v) is 5.15. The third-order valence-corrected chi connectivity index (χ3v) is 8.52. The van der Waals surface area contributed by atoms with Gasteiger partial charge >= 0.3 is 17.9 Å². The molecule has 40 heavy (non-hydrogen) atoms. The van der Waals surface area contributed by atoms with E-state index in [-0.39, 0.29) is 0 Å². The molecule has 0 aromatic rings. The molecular weight excluding hydrogens is 506 g/mol. The van der Waals surface area contributed by atoms with Gasteiger partial charge in [0.05, 0.1) is 43.9 Å². The SMILES string of the molecule is CCCCCCCCCCCCC/C=C/CCC[N+](CCC(C)C(=O)O)(CCC(C)C(=O)O)CCC(C)C(=O)O. The first-order valence-electron chi connectivity index (χ1n) is 16.2. The molecular formula is C33H62NO6+. The molecule has 3 unspecified atom stereocenters. The number of allylic oxidation sites excluding steroid dienone is 2. The van der Waals surface area contributed by atoms with Gasteiger partial charge in [0.15, 0.2) is 0 Å². The highest BCUT2D eigenvalue weighted by Gasteiger charge is 2.31. The number of hydrogen-bond donors (Lipinski definition) is 3. The molecule has 3 N–H and O–H groups in total. The molecule has 0 rings (SSSR count). The molecule has 0 amide bonds. The Labute approximate surface area is 245 Å². The number of rotatable bonds is 28. The number of aliphatic carboxylic acids is 3. The van der Waals surface area contributed by atoms with Crippen molar-refractivity contribution in [3.05, 3.63) is 12.2 Å². The second kappa shape index (κ2) is 23.8. The summed E-state index contributed by atoms with van der Waals surface area (Å²) < 4.78 is 0.583. The Bertz CT molecular complexity index is 647. The van der Waals surface area contributed by atoms with Gasteiger partial charge < -0.3 is 19.8 Å². The van der Waals surface area contributed by atoms with Crippen molar-refractivity contribution in [3.63, 3.8) is 0 Å². The molecule has 0 aromatic carbocycles. The van der Waals surface area contributed by atoms with Gasteiger partial charge in [-0.25, -0.2) is 0 Å². The van der Waals surface area contributed by atoms with Gasteiger partial charge in [0.1, 0.15) is 0 Å². The number of hydrogen-bond acceptors (Lipinski definition) is 3. The van der Waals surface area contributed by atoms with Gasteiger partial charge in [-0.2, -0.15) is 0 Å². The van der Waals surface area contributed by atoms with Gasteiger partial charge in [-0.15, -0.1) is 0 Å². The molecule has 0 heterocycles. The zero-order chi connectivity index (χ0) is 30.2. The maximum absolute atomic E-state index is 11.5. The van der Waals surface area contributed by atoms with E-state index in [0.717, 1.165) is 25.8 Å². The Morgan fingerprint density at radius 1 is 0.525 bits per heavy atom. The fraction of sp³-hybridized carbons (Fsp3) is 0.848. The summed E-state index contributed by atoms with van der Waals surface area (Å²) in [6.07, 6.45) is 23.7. The van der Waals surface area contributed by atoms with Crippen LogP contribution in [0.3, 0.4) is 0 Å². The summed E-state index contributed by atoms with van der Waals surface area (Å²) in [4.78, 5) is 34.4. The first-order chi connectivity index (χ1) is 19.0. The molecule has 0 aliphatic rings. The summed E-state index contributed by atoms with van der Waals surface area (Å²) in [7, 11) is 0. The number of nitrogens with zero attached hydrogens (tertiary/aromatic N) is 1. The van der Waals surface area contributed by atoms with Crippen LogP contribution in [0.25, 0.3) is 0 Å². The average Bonchev–Trinajstić information content (AvgIpc) is 2.92. The van der Waals surface area contributed by atoms with Gasteiger partial charge in [-0.3, -0.25) is 14.4 Å². The van der Waals surface area contributed by atoms with Crippen molar-refractivity contribution >= 4 is 17.9 Å². The molecule has 3 atom stereocenters. The highest BCUT2D eigenvalue weighted by Crippen LogP contribution is 2.21. The monoisotopic (exact) mass is 568 g/mol. The summed E-state index contributed by atoms with van der Waals surface area (Å²) in [5.74, 6) is -3.96. The first kappa shape index (κ1) is 38.1. The third kappa shape index (κ3) is 20.1. The van der Waals surface area contributed by atoms with E-state index in [1.807, 2.05) is 0 Å². The standard InChI is InChI=1S/C33H61NO6/c1-5-6-7-8-9-10-11-12-13-14-15-16-17-18-19-20-24-34(25-21-28(2)31(35)36,26-22-29(3)32(37)38)27-23-30(4)33(39)40/h17-18,28-30H,5-16,19-27H2,1-4H3,(H2-,35,36,37,38,39,40)/p+1/b18-17+. The van der Waals surface area contributed by atoms with Crippen LogP contribution in [-0.4, -0.2) is 63.9 Å². The smallest absolute Gasteiger partial charge is 0.306 e. The second-order valence-electron chi connectivity index (χ2n) is 12.3. The van der Waals surface area contributed by atoms with Gasteiger partial charge in [-0.1, -0.05) is 104 Å². The van der Waals surface area contributed by atoms with Crippen LogP contribution in [0.1, 0.15) is 137 Å². The zero-order valence-electron chi connectivity index (χ0n) is 26.2. The van der Waals surface area contributed by atoms with Crippen LogP contribution in [0.15, 0.2) is 12.2 Å².